The summed E-state index contributed by atoms with van der Waals surface area (Å²) in [7, 11) is 0. The highest BCUT2D eigenvalue weighted by atomic mass is 16.5. The van der Waals surface area contributed by atoms with Crippen LogP contribution in [0.1, 0.15) is 44.6 Å². The molecular weight excluding hydrogens is 264 g/mol. The summed E-state index contributed by atoms with van der Waals surface area (Å²) in [5, 5.41) is 2.91. The van der Waals surface area contributed by atoms with Gasteiger partial charge in [0.05, 0.1) is 6.54 Å². The lowest BCUT2D eigenvalue weighted by atomic mass is 10.0. The number of likely N-dealkylation sites (tertiary alicyclic amines) is 1. The molecule has 0 aromatic heterocycles. The van der Waals surface area contributed by atoms with Gasteiger partial charge in [-0.25, -0.2) is 4.79 Å². The molecule has 2 rings (SSSR count). The Morgan fingerprint density at radius 1 is 1.19 bits per heavy atom. The van der Waals surface area contributed by atoms with Crippen molar-refractivity contribution in [2.75, 3.05) is 26.2 Å². The fourth-order valence-electron chi connectivity index (χ4n) is 2.48. The average molecular weight is 290 g/mol. The highest BCUT2D eigenvalue weighted by Crippen LogP contribution is 2.18. The van der Waals surface area contributed by atoms with Crippen molar-refractivity contribution in [3.63, 3.8) is 0 Å². The van der Waals surface area contributed by atoms with Gasteiger partial charge in [0.25, 0.3) is 0 Å². The molecule has 0 unspecified atom stereocenters. The molecule has 1 aromatic rings. The molecule has 1 N–H and O–H groups in total. The number of nitrogens with zero attached hydrogens (tertiary/aromatic N) is 1. The summed E-state index contributed by atoms with van der Waals surface area (Å²) >= 11 is 0. The minimum absolute atomic E-state index is 0.0356. The molecule has 0 atom stereocenters. The number of rotatable bonds is 5. The Kier molecular flexibility index (Phi) is 5.90. The van der Waals surface area contributed by atoms with Crippen molar-refractivity contribution in [1.29, 1.82) is 0 Å². The van der Waals surface area contributed by atoms with Crippen LogP contribution in [0.3, 0.4) is 0 Å². The van der Waals surface area contributed by atoms with Gasteiger partial charge in [-0.05, 0) is 42.9 Å². The number of nitrogens with one attached hydrogen (secondary N) is 1. The predicted molar refractivity (Wildman–Crippen MR) is 84.8 cm³/mol. The van der Waals surface area contributed by atoms with Gasteiger partial charge in [-0.15, -0.1) is 0 Å². The van der Waals surface area contributed by atoms with Crippen LogP contribution in [-0.2, 0) is 0 Å². The monoisotopic (exact) mass is 290 g/mol. The number of hydrogen-bond acceptors (Lipinski definition) is 2. The van der Waals surface area contributed by atoms with Crippen LogP contribution in [0.4, 0.5) is 4.79 Å². The molecule has 1 heterocycles. The molecule has 0 bridgehead atoms. The second-order valence-corrected chi connectivity index (χ2v) is 5.85. The Hall–Kier alpha value is -1.71. The van der Waals surface area contributed by atoms with E-state index in [9.17, 15) is 4.79 Å². The average Bonchev–Trinajstić information content (AvgIpc) is 2.52. The first-order valence-corrected chi connectivity index (χ1v) is 7.92. The number of ether oxygens (including phenoxy) is 1. The Labute approximate surface area is 127 Å². The highest BCUT2D eigenvalue weighted by Gasteiger charge is 2.15. The third kappa shape index (κ3) is 4.96. The van der Waals surface area contributed by atoms with E-state index in [0.717, 1.165) is 31.7 Å². The van der Waals surface area contributed by atoms with Crippen molar-refractivity contribution >= 4 is 6.03 Å². The van der Waals surface area contributed by atoms with Gasteiger partial charge >= 0.3 is 6.03 Å². The number of hydrogen-bond donors (Lipinski definition) is 1. The van der Waals surface area contributed by atoms with Crippen LogP contribution in [0.5, 0.6) is 5.75 Å². The van der Waals surface area contributed by atoms with E-state index in [2.05, 4.69) is 31.3 Å². The van der Waals surface area contributed by atoms with Crippen molar-refractivity contribution in [3.05, 3.63) is 29.8 Å². The maximum atomic E-state index is 11.9. The van der Waals surface area contributed by atoms with E-state index in [1.165, 1.54) is 12.0 Å². The zero-order chi connectivity index (χ0) is 15.1. The Morgan fingerprint density at radius 3 is 2.48 bits per heavy atom. The Balaban J connectivity index is 1.66. The van der Waals surface area contributed by atoms with Gasteiger partial charge in [0.1, 0.15) is 12.4 Å². The Bertz CT molecular complexity index is 437. The summed E-state index contributed by atoms with van der Waals surface area (Å²) in [5.74, 6) is 1.38. The molecule has 1 aromatic carbocycles. The van der Waals surface area contributed by atoms with Gasteiger partial charge in [0.15, 0.2) is 0 Å². The summed E-state index contributed by atoms with van der Waals surface area (Å²) in [6.45, 7) is 7.15. The molecule has 1 aliphatic heterocycles. The van der Waals surface area contributed by atoms with Crippen LogP contribution in [0.25, 0.3) is 0 Å². The van der Waals surface area contributed by atoms with Crippen LogP contribution >= 0.6 is 0 Å². The van der Waals surface area contributed by atoms with E-state index < -0.39 is 0 Å². The SMILES string of the molecule is CC(C)c1ccc(OCCNC(=O)N2CCCCC2)cc1. The zero-order valence-electron chi connectivity index (χ0n) is 13.1. The maximum absolute atomic E-state index is 11.9. The normalized spacial score (nSPS) is 15.1. The van der Waals surface area contributed by atoms with Gasteiger partial charge in [0.2, 0.25) is 0 Å². The molecule has 1 fully saturated rings. The van der Waals surface area contributed by atoms with Gasteiger partial charge < -0.3 is 15.0 Å². The molecule has 4 heteroatoms. The molecular formula is C17H26N2O2. The molecule has 1 aliphatic rings. The van der Waals surface area contributed by atoms with E-state index in [-0.39, 0.29) is 6.03 Å². The Morgan fingerprint density at radius 2 is 1.86 bits per heavy atom. The first kappa shape index (κ1) is 15.7. The predicted octanol–water partition coefficient (Wildman–Crippen LogP) is 3.38. The topological polar surface area (TPSA) is 41.6 Å². The number of carbonyl (C=O) groups excluding carboxylic acids is 1. The van der Waals surface area contributed by atoms with E-state index in [4.69, 9.17) is 4.74 Å². The summed E-state index contributed by atoms with van der Waals surface area (Å²) in [5.41, 5.74) is 1.31. The van der Waals surface area contributed by atoms with E-state index in [1.807, 2.05) is 17.0 Å². The van der Waals surface area contributed by atoms with E-state index >= 15 is 0 Å². The molecule has 0 spiro atoms. The second-order valence-electron chi connectivity index (χ2n) is 5.85. The third-order valence-electron chi connectivity index (χ3n) is 3.84. The van der Waals surface area contributed by atoms with Gasteiger partial charge in [-0.3, -0.25) is 0 Å². The fourth-order valence-corrected chi connectivity index (χ4v) is 2.48. The van der Waals surface area contributed by atoms with Crippen LogP contribution < -0.4 is 10.1 Å². The van der Waals surface area contributed by atoms with Crippen LogP contribution in [-0.4, -0.2) is 37.2 Å². The third-order valence-corrected chi connectivity index (χ3v) is 3.84. The quantitative estimate of drug-likeness (QED) is 0.845. The molecule has 0 saturated carbocycles. The number of urea groups is 1. The van der Waals surface area contributed by atoms with Crippen molar-refractivity contribution < 1.29 is 9.53 Å². The second kappa shape index (κ2) is 7.91. The molecule has 0 radical (unpaired) electrons. The summed E-state index contributed by atoms with van der Waals surface area (Å²) in [6.07, 6.45) is 3.47. The van der Waals surface area contributed by atoms with Crippen molar-refractivity contribution in [3.8, 4) is 5.75 Å². The molecule has 1 saturated heterocycles. The lowest BCUT2D eigenvalue weighted by Gasteiger charge is -2.26. The van der Waals surface area contributed by atoms with Crippen LogP contribution in [0.15, 0.2) is 24.3 Å². The lowest BCUT2D eigenvalue weighted by Crippen LogP contribution is -2.43. The van der Waals surface area contributed by atoms with Gasteiger partial charge in [-0.2, -0.15) is 0 Å². The van der Waals surface area contributed by atoms with E-state index in [1.54, 1.807) is 0 Å². The standard InChI is InChI=1S/C17H26N2O2/c1-14(2)15-6-8-16(9-7-15)21-13-10-18-17(20)19-11-4-3-5-12-19/h6-9,14H,3-5,10-13H2,1-2H3,(H,18,20). The number of carbonyl (C=O) groups is 1. The van der Waals surface area contributed by atoms with Crippen LogP contribution in [0, 0.1) is 0 Å². The number of piperidine rings is 1. The molecule has 0 aliphatic carbocycles. The highest BCUT2D eigenvalue weighted by molar-refractivity contribution is 5.74. The summed E-state index contributed by atoms with van der Waals surface area (Å²) < 4.78 is 5.65. The van der Waals surface area contributed by atoms with Crippen molar-refractivity contribution in [1.82, 2.24) is 10.2 Å². The maximum Gasteiger partial charge on any atom is 0.317 e. The molecule has 21 heavy (non-hydrogen) atoms. The summed E-state index contributed by atoms with van der Waals surface area (Å²) in [4.78, 5) is 13.8. The molecule has 2 amide bonds. The zero-order valence-corrected chi connectivity index (χ0v) is 13.1. The van der Waals surface area contributed by atoms with Gasteiger partial charge in [-0.1, -0.05) is 26.0 Å². The van der Waals surface area contributed by atoms with Gasteiger partial charge in [0, 0.05) is 13.1 Å². The lowest BCUT2D eigenvalue weighted by molar-refractivity contribution is 0.184. The van der Waals surface area contributed by atoms with E-state index in [0.29, 0.717) is 19.1 Å². The molecule has 116 valence electrons. The minimum Gasteiger partial charge on any atom is -0.492 e. The summed E-state index contributed by atoms with van der Waals surface area (Å²) in [6, 6.07) is 8.19. The first-order valence-electron chi connectivity index (χ1n) is 7.92. The molecule has 4 nitrogen and oxygen atoms in total. The van der Waals surface area contributed by atoms with Crippen molar-refractivity contribution in [2.45, 2.75) is 39.0 Å². The van der Waals surface area contributed by atoms with Crippen molar-refractivity contribution in [2.24, 2.45) is 0 Å². The number of benzene rings is 1. The minimum atomic E-state index is 0.0356. The fraction of sp³-hybridized carbons (Fsp3) is 0.588. The smallest absolute Gasteiger partial charge is 0.317 e. The largest absolute Gasteiger partial charge is 0.492 e. The first-order chi connectivity index (χ1) is 10.2. The van der Waals surface area contributed by atoms with Crippen LogP contribution in [0.2, 0.25) is 0 Å². The number of amides is 2.